The highest BCUT2D eigenvalue weighted by molar-refractivity contribution is 6.03. The fourth-order valence-corrected chi connectivity index (χ4v) is 4.89. The lowest BCUT2D eigenvalue weighted by Crippen LogP contribution is -2.35. The molecule has 2 aliphatic heterocycles. The normalized spacial score (nSPS) is 17.9. The van der Waals surface area contributed by atoms with Crippen molar-refractivity contribution in [1.29, 1.82) is 0 Å². The van der Waals surface area contributed by atoms with Gasteiger partial charge in [-0.3, -0.25) is 9.59 Å². The number of hydrogen-bond donors (Lipinski definition) is 1. The summed E-state index contributed by atoms with van der Waals surface area (Å²) >= 11 is 0. The molecule has 5 nitrogen and oxygen atoms in total. The lowest BCUT2D eigenvalue weighted by Gasteiger charge is -2.34. The molecule has 5 heteroatoms. The summed E-state index contributed by atoms with van der Waals surface area (Å²) in [5.74, 6) is 0.573. The van der Waals surface area contributed by atoms with Crippen LogP contribution in [0.15, 0.2) is 48.5 Å². The Morgan fingerprint density at radius 3 is 2.34 bits per heavy atom. The topological polar surface area (TPSA) is 52.7 Å². The molecule has 0 saturated carbocycles. The van der Waals surface area contributed by atoms with Gasteiger partial charge in [0.25, 0.3) is 5.91 Å². The van der Waals surface area contributed by atoms with Gasteiger partial charge >= 0.3 is 0 Å². The summed E-state index contributed by atoms with van der Waals surface area (Å²) in [5.41, 5.74) is 3.43. The van der Waals surface area contributed by atoms with Crippen LogP contribution < -0.4 is 10.2 Å². The standard InChI is InChI=1S/C27H35N3O2/c1-3-23(21-9-5-4-6-10-21)26(31)28-22-11-12-25(29-17-13-20(2)14-18-29)24(19-22)27(32)30-15-7-8-16-30/h4-6,9-12,19-20,23H,3,7-8,13-18H2,1-2H3,(H,28,31)/t23-/m1/s1. The maximum absolute atomic E-state index is 13.4. The Labute approximate surface area is 191 Å². The number of carbonyl (C=O) groups is 2. The first-order valence-corrected chi connectivity index (χ1v) is 12.1. The van der Waals surface area contributed by atoms with Gasteiger partial charge in [0.15, 0.2) is 0 Å². The Hall–Kier alpha value is -2.82. The fraction of sp³-hybridized carbons (Fsp3) is 0.481. The molecule has 32 heavy (non-hydrogen) atoms. The van der Waals surface area contributed by atoms with Crippen molar-refractivity contribution in [3.63, 3.8) is 0 Å². The second-order valence-electron chi connectivity index (χ2n) is 9.26. The van der Waals surface area contributed by atoms with E-state index in [4.69, 9.17) is 0 Å². The summed E-state index contributed by atoms with van der Waals surface area (Å²) in [7, 11) is 0. The number of likely N-dealkylation sites (tertiary alicyclic amines) is 1. The minimum Gasteiger partial charge on any atom is -0.371 e. The van der Waals surface area contributed by atoms with Gasteiger partial charge < -0.3 is 15.1 Å². The van der Waals surface area contributed by atoms with E-state index in [0.717, 1.165) is 75.5 Å². The maximum Gasteiger partial charge on any atom is 0.256 e. The number of piperidine rings is 1. The number of anilines is 2. The first-order chi connectivity index (χ1) is 15.6. The van der Waals surface area contributed by atoms with Gasteiger partial charge in [-0.25, -0.2) is 0 Å². The molecular weight excluding hydrogens is 398 g/mol. The van der Waals surface area contributed by atoms with E-state index in [2.05, 4.69) is 17.1 Å². The van der Waals surface area contributed by atoms with E-state index in [-0.39, 0.29) is 17.7 Å². The number of amides is 2. The van der Waals surface area contributed by atoms with Crippen LogP contribution in [-0.2, 0) is 4.79 Å². The molecule has 0 radical (unpaired) electrons. The molecular formula is C27H35N3O2. The average Bonchev–Trinajstić information content (AvgIpc) is 3.35. The predicted molar refractivity (Wildman–Crippen MR) is 130 cm³/mol. The van der Waals surface area contributed by atoms with E-state index in [1.807, 2.05) is 60.4 Å². The third kappa shape index (κ3) is 4.98. The van der Waals surface area contributed by atoms with Crippen LogP contribution in [0.5, 0.6) is 0 Å². The Morgan fingerprint density at radius 1 is 1.00 bits per heavy atom. The molecule has 2 amide bonds. The van der Waals surface area contributed by atoms with E-state index < -0.39 is 0 Å². The van der Waals surface area contributed by atoms with Gasteiger partial charge in [0, 0.05) is 37.6 Å². The van der Waals surface area contributed by atoms with Crippen molar-refractivity contribution >= 4 is 23.2 Å². The summed E-state index contributed by atoms with van der Waals surface area (Å²) < 4.78 is 0. The van der Waals surface area contributed by atoms with Crippen LogP contribution in [0.2, 0.25) is 0 Å². The van der Waals surface area contributed by atoms with Gasteiger partial charge in [-0.05, 0) is 61.8 Å². The maximum atomic E-state index is 13.4. The molecule has 0 aliphatic carbocycles. The second kappa shape index (κ2) is 10.2. The Morgan fingerprint density at radius 2 is 1.69 bits per heavy atom. The van der Waals surface area contributed by atoms with E-state index in [9.17, 15) is 9.59 Å². The molecule has 2 fully saturated rings. The highest BCUT2D eigenvalue weighted by Gasteiger charge is 2.27. The zero-order chi connectivity index (χ0) is 22.5. The Kier molecular flexibility index (Phi) is 7.13. The van der Waals surface area contributed by atoms with E-state index in [1.165, 1.54) is 0 Å². The predicted octanol–water partition coefficient (Wildman–Crippen LogP) is 5.29. The summed E-state index contributed by atoms with van der Waals surface area (Å²) in [4.78, 5) is 30.8. The molecule has 2 heterocycles. The molecule has 0 bridgehead atoms. The zero-order valence-corrected chi connectivity index (χ0v) is 19.3. The molecule has 1 atom stereocenters. The van der Waals surface area contributed by atoms with E-state index in [1.54, 1.807) is 0 Å². The molecule has 2 aliphatic rings. The summed E-state index contributed by atoms with van der Waals surface area (Å²) in [6.45, 7) is 7.90. The van der Waals surface area contributed by atoms with Crippen molar-refractivity contribution in [2.24, 2.45) is 5.92 Å². The van der Waals surface area contributed by atoms with E-state index >= 15 is 0 Å². The first kappa shape index (κ1) is 22.4. The third-order valence-corrected chi connectivity index (χ3v) is 6.94. The molecule has 170 valence electrons. The molecule has 2 aromatic rings. The van der Waals surface area contributed by atoms with Crippen LogP contribution in [0.4, 0.5) is 11.4 Å². The SMILES string of the molecule is CC[C@@H](C(=O)Nc1ccc(N2CCC(C)CC2)c(C(=O)N2CCCC2)c1)c1ccccc1. The lowest BCUT2D eigenvalue weighted by molar-refractivity contribution is -0.117. The molecule has 1 N–H and O–H groups in total. The van der Waals surface area contributed by atoms with Crippen LogP contribution >= 0.6 is 0 Å². The highest BCUT2D eigenvalue weighted by atomic mass is 16.2. The van der Waals surface area contributed by atoms with Crippen molar-refractivity contribution in [2.45, 2.75) is 51.9 Å². The van der Waals surface area contributed by atoms with Crippen LogP contribution in [0.25, 0.3) is 0 Å². The average molecular weight is 434 g/mol. The summed E-state index contributed by atoms with van der Waals surface area (Å²) in [5, 5.41) is 3.09. The minimum atomic E-state index is -0.211. The van der Waals surface area contributed by atoms with Crippen LogP contribution in [0, 0.1) is 5.92 Å². The second-order valence-corrected chi connectivity index (χ2v) is 9.26. The van der Waals surface area contributed by atoms with Crippen LogP contribution in [0.1, 0.15) is 67.8 Å². The largest absolute Gasteiger partial charge is 0.371 e. The zero-order valence-electron chi connectivity index (χ0n) is 19.3. The number of nitrogens with one attached hydrogen (secondary N) is 1. The van der Waals surface area contributed by atoms with Crippen molar-refractivity contribution in [1.82, 2.24) is 4.90 Å². The van der Waals surface area contributed by atoms with Crippen molar-refractivity contribution in [3.8, 4) is 0 Å². The number of nitrogens with zero attached hydrogens (tertiary/aromatic N) is 2. The van der Waals surface area contributed by atoms with Crippen LogP contribution in [0.3, 0.4) is 0 Å². The number of hydrogen-bond acceptors (Lipinski definition) is 3. The van der Waals surface area contributed by atoms with Gasteiger partial charge in [-0.2, -0.15) is 0 Å². The van der Waals surface area contributed by atoms with Gasteiger partial charge in [-0.15, -0.1) is 0 Å². The molecule has 2 aromatic carbocycles. The number of rotatable bonds is 6. The Bertz CT molecular complexity index is 929. The fourth-order valence-electron chi connectivity index (χ4n) is 4.89. The van der Waals surface area contributed by atoms with Crippen molar-refractivity contribution in [3.05, 3.63) is 59.7 Å². The van der Waals surface area contributed by atoms with Gasteiger partial charge in [-0.1, -0.05) is 44.2 Å². The number of carbonyl (C=O) groups excluding carboxylic acids is 2. The molecule has 4 rings (SSSR count). The van der Waals surface area contributed by atoms with Crippen LogP contribution in [-0.4, -0.2) is 42.9 Å². The highest BCUT2D eigenvalue weighted by Crippen LogP contribution is 2.31. The third-order valence-electron chi connectivity index (χ3n) is 6.94. The molecule has 0 unspecified atom stereocenters. The minimum absolute atomic E-state index is 0.0298. The smallest absolute Gasteiger partial charge is 0.256 e. The van der Waals surface area contributed by atoms with E-state index in [0.29, 0.717) is 11.3 Å². The van der Waals surface area contributed by atoms with Gasteiger partial charge in [0.2, 0.25) is 5.91 Å². The Balaban J connectivity index is 1.59. The van der Waals surface area contributed by atoms with Gasteiger partial charge in [0.1, 0.15) is 0 Å². The molecule has 0 aromatic heterocycles. The monoisotopic (exact) mass is 433 g/mol. The summed E-state index contributed by atoms with van der Waals surface area (Å²) in [6.07, 6.45) is 5.14. The lowest BCUT2D eigenvalue weighted by atomic mass is 9.95. The van der Waals surface area contributed by atoms with Gasteiger partial charge in [0.05, 0.1) is 11.5 Å². The van der Waals surface area contributed by atoms with Crippen molar-refractivity contribution < 1.29 is 9.59 Å². The number of benzene rings is 2. The molecule has 0 spiro atoms. The summed E-state index contributed by atoms with van der Waals surface area (Å²) in [6, 6.07) is 15.8. The first-order valence-electron chi connectivity index (χ1n) is 12.1. The van der Waals surface area contributed by atoms with Crippen molar-refractivity contribution in [2.75, 3.05) is 36.4 Å². The quantitative estimate of drug-likeness (QED) is 0.673. The molecule has 2 saturated heterocycles.